The molecule has 3 nitrogen and oxygen atoms in total. The van der Waals surface area contributed by atoms with Crippen molar-refractivity contribution in [3.63, 3.8) is 0 Å². The van der Waals surface area contributed by atoms with Crippen LogP contribution in [0.4, 0.5) is 0 Å². The average Bonchev–Trinajstić information content (AvgIpc) is 2.20. The van der Waals surface area contributed by atoms with Crippen molar-refractivity contribution in [2.24, 2.45) is 0 Å². The zero-order valence-corrected chi connectivity index (χ0v) is 10.7. The third-order valence-corrected chi connectivity index (χ3v) is 2.36. The molecule has 15 heavy (non-hydrogen) atoms. The van der Waals surface area contributed by atoms with Crippen LogP contribution in [-0.4, -0.2) is 43.0 Å². The maximum atomic E-state index is 11.5. The minimum Gasteiger partial charge on any atom is -0.369 e. The maximum absolute atomic E-state index is 11.5. The Morgan fingerprint density at radius 1 is 1.33 bits per heavy atom. The number of amides is 1. The largest absolute Gasteiger partial charge is 0.369 e. The van der Waals surface area contributed by atoms with Gasteiger partial charge >= 0.3 is 0 Å². The fraction of sp³-hybridized carbons (Fsp3) is 0.909. The van der Waals surface area contributed by atoms with Gasteiger partial charge in [-0.25, -0.2) is 0 Å². The first-order valence-corrected chi connectivity index (χ1v) is 6.03. The summed E-state index contributed by atoms with van der Waals surface area (Å²) in [5.74, 6) is 0.753. The molecule has 0 aromatic rings. The number of nitrogens with zero attached hydrogens (tertiary/aromatic N) is 1. The fourth-order valence-corrected chi connectivity index (χ4v) is 1.28. The van der Waals surface area contributed by atoms with Crippen LogP contribution in [0.25, 0.3) is 0 Å². The number of hydrogen-bond acceptors (Lipinski definition) is 2. The van der Waals surface area contributed by atoms with E-state index >= 15 is 0 Å². The van der Waals surface area contributed by atoms with Crippen LogP contribution in [0.15, 0.2) is 0 Å². The number of rotatable bonds is 8. The van der Waals surface area contributed by atoms with Crippen LogP contribution in [0.5, 0.6) is 0 Å². The average molecular weight is 236 g/mol. The Morgan fingerprint density at radius 3 is 2.53 bits per heavy atom. The molecule has 0 aliphatic carbocycles. The number of halogens is 1. The minimum atomic E-state index is 0.0505. The molecule has 0 aliphatic rings. The van der Waals surface area contributed by atoms with Crippen LogP contribution >= 0.6 is 11.6 Å². The molecule has 0 aromatic heterocycles. The van der Waals surface area contributed by atoms with Gasteiger partial charge < -0.3 is 9.64 Å². The summed E-state index contributed by atoms with van der Waals surface area (Å²) in [6.07, 6.45) is 3.22. The van der Waals surface area contributed by atoms with Gasteiger partial charge in [-0.1, -0.05) is 6.42 Å². The van der Waals surface area contributed by atoms with Gasteiger partial charge in [0, 0.05) is 19.5 Å². The topological polar surface area (TPSA) is 29.5 Å². The van der Waals surface area contributed by atoms with Gasteiger partial charge in [0.05, 0.1) is 6.10 Å². The minimum absolute atomic E-state index is 0.0505. The molecular formula is C11H22ClNO2. The molecule has 0 unspecified atom stereocenters. The monoisotopic (exact) mass is 235 g/mol. The number of carbonyl (C=O) groups excluding carboxylic acids is 1. The van der Waals surface area contributed by atoms with Gasteiger partial charge in [-0.15, -0.1) is 11.6 Å². The zero-order valence-electron chi connectivity index (χ0n) is 9.96. The summed E-state index contributed by atoms with van der Waals surface area (Å²) in [6, 6.07) is 0. The van der Waals surface area contributed by atoms with Crippen molar-refractivity contribution in [2.75, 3.05) is 26.1 Å². The van der Waals surface area contributed by atoms with Crippen molar-refractivity contribution in [3.05, 3.63) is 0 Å². The Kier molecular flexibility index (Phi) is 8.82. The standard InChI is InChI=1S/C11H22ClNO2/c1-10(2)15-9-11(14)13(3)8-6-4-5-7-12/h10H,4-9H2,1-3H3. The lowest BCUT2D eigenvalue weighted by molar-refractivity contribution is -0.136. The lowest BCUT2D eigenvalue weighted by Crippen LogP contribution is -2.32. The Balaban J connectivity index is 3.51. The van der Waals surface area contributed by atoms with Gasteiger partial charge in [-0.3, -0.25) is 4.79 Å². The highest BCUT2D eigenvalue weighted by Crippen LogP contribution is 1.99. The molecule has 1 amide bonds. The molecule has 0 fully saturated rings. The van der Waals surface area contributed by atoms with Crippen molar-refractivity contribution < 1.29 is 9.53 Å². The maximum Gasteiger partial charge on any atom is 0.248 e. The highest BCUT2D eigenvalue weighted by Gasteiger charge is 2.08. The second-order valence-corrected chi connectivity index (χ2v) is 4.30. The van der Waals surface area contributed by atoms with Crippen LogP contribution in [0.3, 0.4) is 0 Å². The number of hydrogen-bond donors (Lipinski definition) is 0. The van der Waals surface area contributed by atoms with E-state index < -0.39 is 0 Å². The molecule has 0 aromatic carbocycles. The van der Waals surface area contributed by atoms with E-state index in [2.05, 4.69) is 0 Å². The third kappa shape index (κ3) is 8.70. The SMILES string of the molecule is CC(C)OCC(=O)N(C)CCCCCCl. The number of likely N-dealkylation sites (N-methyl/N-ethyl adjacent to an activating group) is 1. The first kappa shape index (κ1) is 14.7. The van der Waals surface area contributed by atoms with Crippen LogP contribution in [-0.2, 0) is 9.53 Å². The quantitative estimate of drug-likeness (QED) is 0.477. The summed E-state index contributed by atoms with van der Waals surface area (Å²) < 4.78 is 5.24. The number of alkyl halides is 1. The van der Waals surface area contributed by atoms with E-state index in [0.29, 0.717) is 5.88 Å². The Hall–Kier alpha value is -0.280. The van der Waals surface area contributed by atoms with Crippen LogP contribution in [0.2, 0.25) is 0 Å². The Bertz CT molecular complexity index is 174. The third-order valence-electron chi connectivity index (χ3n) is 2.09. The molecule has 0 N–H and O–H groups in total. The van der Waals surface area contributed by atoms with Gasteiger partial charge in [-0.05, 0) is 26.7 Å². The number of ether oxygens (including phenoxy) is 1. The number of unbranched alkanes of at least 4 members (excludes halogenated alkanes) is 2. The molecule has 0 bridgehead atoms. The predicted octanol–water partition coefficient (Wildman–Crippen LogP) is 2.28. The predicted molar refractivity (Wildman–Crippen MR) is 63.3 cm³/mol. The van der Waals surface area contributed by atoms with Gasteiger partial charge in [0.2, 0.25) is 5.91 Å². The van der Waals surface area contributed by atoms with Gasteiger partial charge in [0.25, 0.3) is 0 Å². The van der Waals surface area contributed by atoms with Gasteiger partial charge in [0.1, 0.15) is 6.61 Å². The van der Waals surface area contributed by atoms with Gasteiger partial charge in [-0.2, -0.15) is 0 Å². The summed E-state index contributed by atoms with van der Waals surface area (Å²) in [5, 5.41) is 0. The molecule has 0 spiro atoms. The van der Waals surface area contributed by atoms with Crippen LogP contribution in [0.1, 0.15) is 33.1 Å². The van der Waals surface area contributed by atoms with E-state index in [4.69, 9.17) is 16.3 Å². The molecular weight excluding hydrogens is 214 g/mol. The Labute approximate surface area is 97.7 Å². The second-order valence-electron chi connectivity index (χ2n) is 3.92. The van der Waals surface area contributed by atoms with E-state index in [1.165, 1.54) is 0 Å². The molecule has 0 aliphatic heterocycles. The molecule has 0 radical (unpaired) electrons. The highest BCUT2D eigenvalue weighted by molar-refractivity contribution is 6.17. The lowest BCUT2D eigenvalue weighted by atomic mass is 10.2. The van der Waals surface area contributed by atoms with Crippen molar-refractivity contribution in [2.45, 2.75) is 39.2 Å². The normalized spacial score (nSPS) is 10.7. The summed E-state index contributed by atoms with van der Waals surface area (Å²) in [5.41, 5.74) is 0. The summed E-state index contributed by atoms with van der Waals surface area (Å²) in [7, 11) is 1.81. The molecule has 0 rings (SSSR count). The van der Waals surface area contributed by atoms with E-state index in [0.717, 1.165) is 25.8 Å². The van der Waals surface area contributed by atoms with E-state index in [9.17, 15) is 4.79 Å². The van der Waals surface area contributed by atoms with Crippen LogP contribution < -0.4 is 0 Å². The Morgan fingerprint density at radius 2 is 2.00 bits per heavy atom. The van der Waals surface area contributed by atoms with E-state index in [1.54, 1.807) is 4.90 Å². The first-order chi connectivity index (χ1) is 7.07. The summed E-state index contributed by atoms with van der Waals surface area (Å²) in [6.45, 7) is 4.82. The molecule has 0 heterocycles. The van der Waals surface area contributed by atoms with Crippen molar-refractivity contribution in [1.82, 2.24) is 4.90 Å². The van der Waals surface area contributed by atoms with Crippen LogP contribution in [0, 0.1) is 0 Å². The molecule has 4 heteroatoms. The van der Waals surface area contributed by atoms with E-state index in [-0.39, 0.29) is 18.6 Å². The molecule has 0 saturated carbocycles. The molecule has 90 valence electrons. The van der Waals surface area contributed by atoms with Gasteiger partial charge in [0.15, 0.2) is 0 Å². The fourth-order valence-electron chi connectivity index (χ4n) is 1.09. The highest BCUT2D eigenvalue weighted by atomic mass is 35.5. The van der Waals surface area contributed by atoms with Crippen molar-refractivity contribution >= 4 is 17.5 Å². The summed E-state index contributed by atoms with van der Waals surface area (Å²) >= 11 is 5.56. The molecule has 0 atom stereocenters. The van der Waals surface area contributed by atoms with E-state index in [1.807, 2.05) is 20.9 Å². The second kappa shape index (κ2) is 8.98. The van der Waals surface area contributed by atoms with Crippen molar-refractivity contribution in [1.29, 1.82) is 0 Å². The van der Waals surface area contributed by atoms with Crippen molar-refractivity contribution in [3.8, 4) is 0 Å². The lowest BCUT2D eigenvalue weighted by Gasteiger charge is -2.17. The zero-order chi connectivity index (χ0) is 11.7. The summed E-state index contributed by atoms with van der Waals surface area (Å²) in [4.78, 5) is 13.2. The molecule has 0 saturated heterocycles. The number of carbonyl (C=O) groups is 1. The first-order valence-electron chi connectivity index (χ1n) is 5.49. The smallest absolute Gasteiger partial charge is 0.248 e.